The first kappa shape index (κ1) is 17.0. The monoisotopic (exact) mass is 357 g/mol. The van der Waals surface area contributed by atoms with E-state index in [9.17, 15) is 9.59 Å². The van der Waals surface area contributed by atoms with Gasteiger partial charge in [-0.25, -0.2) is 4.79 Å². The minimum absolute atomic E-state index is 0.0801. The Hall–Kier alpha value is -3.40. The number of rotatable bonds is 4. The van der Waals surface area contributed by atoms with Crippen LogP contribution in [-0.2, 0) is 17.8 Å². The van der Waals surface area contributed by atoms with Crippen LogP contribution in [0.1, 0.15) is 21.5 Å². The van der Waals surface area contributed by atoms with Gasteiger partial charge in [-0.3, -0.25) is 9.69 Å². The van der Waals surface area contributed by atoms with Crippen molar-refractivity contribution in [2.24, 2.45) is 0 Å². The lowest BCUT2D eigenvalue weighted by atomic mass is 10.0. The number of anilines is 1. The van der Waals surface area contributed by atoms with Crippen LogP contribution in [0, 0.1) is 0 Å². The molecule has 0 N–H and O–H groups in total. The van der Waals surface area contributed by atoms with E-state index in [4.69, 9.17) is 4.74 Å². The van der Waals surface area contributed by atoms with Crippen molar-refractivity contribution in [3.8, 4) is 0 Å². The summed E-state index contributed by atoms with van der Waals surface area (Å²) in [5.41, 5.74) is 3.22. The number of carbonyl (C=O) groups excluding carboxylic acids is 2. The van der Waals surface area contributed by atoms with Gasteiger partial charge in [0.25, 0.3) is 0 Å². The van der Waals surface area contributed by atoms with Crippen LogP contribution in [0.15, 0.2) is 84.9 Å². The maximum Gasteiger partial charge on any atom is 0.415 e. The molecule has 0 fully saturated rings. The highest BCUT2D eigenvalue weighted by Gasteiger charge is 2.39. The van der Waals surface area contributed by atoms with Crippen molar-refractivity contribution in [2.45, 2.75) is 19.1 Å². The first-order valence-electron chi connectivity index (χ1n) is 8.91. The third-order valence-electron chi connectivity index (χ3n) is 4.74. The van der Waals surface area contributed by atoms with Gasteiger partial charge in [0.1, 0.15) is 12.6 Å². The lowest BCUT2D eigenvalue weighted by Gasteiger charge is -2.24. The maximum absolute atomic E-state index is 13.1. The third-order valence-corrected chi connectivity index (χ3v) is 4.74. The summed E-state index contributed by atoms with van der Waals surface area (Å²) in [6.45, 7) is 0.171. The molecule has 0 radical (unpaired) electrons. The van der Waals surface area contributed by atoms with Crippen molar-refractivity contribution in [1.29, 1.82) is 0 Å². The van der Waals surface area contributed by atoms with Gasteiger partial charge in [0, 0.05) is 12.0 Å². The molecule has 0 bridgehead atoms. The highest BCUT2D eigenvalue weighted by atomic mass is 16.6. The van der Waals surface area contributed by atoms with Crippen LogP contribution in [0.5, 0.6) is 0 Å². The predicted octanol–water partition coefficient (Wildman–Crippen LogP) is 4.64. The van der Waals surface area contributed by atoms with Crippen LogP contribution >= 0.6 is 0 Å². The molecular weight excluding hydrogens is 338 g/mol. The topological polar surface area (TPSA) is 46.6 Å². The second-order valence-electron chi connectivity index (χ2n) is 6.49. The molecule has 1 amide bonds. The molecule has 4 heteroatoms. The van der Waals surface area contributed by atoms with Gasteiger partial charge in [-0.05, 0) is 17.2 Å². The zero-order valence-corrected chi connectivity index (χ0v) is 14.7. The quantitative estimate of drug-likeness (QED) is 0.639. The Morgan fingerprint density at radius 2 is 1.48 bits per heavy atom. The zero-order chi connectivity index (χ0) is 18.6. The van der Waals surface area contributed by atoms with E-state index in [2.05, 4.69) is 0 Å². The standard InChI is InChI=1S/C23H19NO3/c25-22(18-11-5-2-6-12-18)21-15-19-13-7-8-14-20(19)24(21)23(26)27-16-17-9-3-1-4-10-17/h1-14,21H,15-16H2. The molecule has 3 aromatic rings. The van der Waals surface area contributed by atoms with Crippen molar-refractivity contribution < 1.29 is 14.3 Å². The summed E-state index contributed by atoms with van der Waals surface area (Å²) in [6, 6.07) is 25.6. The molecule has 0 saturated carbocycles. The van der Waals surface area contributed by atoms with Crippen LogP contribution in [0.2, 0.25) is 0 Å². The van der Waals surface area contributed by atoms with E-state index in [-0.39, 0.29) is 12.4 Å². The lowest BCUT2D eigenvalue weighted by Crippen LogP contribution is -2.43. The Bertz CT molecular complexity index is 954. The molecule has 1 heterocycles. The first-order valence-corrected chi connectivity index (χ1v) is 8.91. The second-order valence-corrected chi connectivity index (χ2v) is 6.49. The summed E-state index contributed by atoms with van der Waals surface area (Å²) in [5.74, 6) is -0.0801. The minimum atomic E-state index is -0.590. The fourth-order valence-electron chi connectivity index (χ4n) is 3.41. The van der Waals surface area contributed by atoms with Gasteiger partial charge in [-0.15, -0.1) is 0 Å². The Morgan fingerprint density at radius 3 is 2.22 bits per heavy atom. The molecule has 0 aromatic heterocycles. The summed E-state index contributed by atoms with van der Waals surface area (Å²) in [4.78, 5) is 27.4. The molecule has 1 atom stereocenters. The van der Waals surface area contributed by atoms with E-state index in [1.54, 1.807) is 12.1 Å². The molecule has 3 aromatic carbocycles. The van der Waals surface area contributed by atoms with E-state index in [1.807, 2.05) is 72.8 Å². The van der Waals surface area contributed by atoms with Gasteiger partial charge in [0.05, 0.1) is 5.69 Å². The van der Waals surface area contributed by atoms with E-state index in [0.717, 1.165) is 16.8 Å². The Labute approximate surface area is 158 Å². The summed E-state index contributed by atoms with van der Waals surface area (Å²) >= 11 is 0. The molecule has 0 spiro atoms. The predicted molar refractivity (Wildman–Crippen MR) is 104 cm³/mol. The number of ether oxygens (including phenoxy) is 1. The van der Waals surface area contributed by atoms with E-state index in [0.29, 0.717) is 12.0 Å². The number of Topliss-reactive ketones (excluding diaryl/α,β-unsaturated/α-hetero) is 1. The van der Waals surface area contributed by atoms with Gasteiger partial charge in [0.15, 0.2) is 5.78 Å². The fourth-order valence-corrected chi connectivity index (χ4v) is 3.41. The van der Waals surface area contributed by atoms with Crippen molar-refractivity contribution in [2.75, 3.05) is 4.90 Å². The largest absolute Gasteiger partial charge is 0.444 e. The average molecular weight is 357 g/mol. The molecule has 1 aliphatic rings. The van der Waals surface area contributed by atoms with E-state index in [1.165, 1.54) is 4.90 Å². The summed E-state index contributed by atoms with van der Waals surface area (Å²) in [5, 5.41) is 0. The molecular formula is C23H19NO3. The lowest BCUT2D eigenvalue weighted by molar-refractivity contribution is 0.0946. The summed E-state index contributed by atoms with van der Waals surface area (Å²) < 4.78 is 5.52. The van der Waals surface area contributed by atoms with Gasteiger partial charge in [-0.2, -0.15) is 0 Å². The molecule has 1 unspecified atom stereocenters. The molecule has 27 heavy (non-hydrogen) atoms. The third kappa shape index (κ3) is 3.47. The van der Waals surface area contributed by atoms with E-state index < -0.39 is 12.1 Å². The summed E-state index contributed by atoms with van der Waals surface area (Å²) in [6.07, 6.45) is -0.0114. The minimum Gasteiger partial charge on any atom is -0.444 e. The molecule has 1 aliphatic heterocycles. The van der Waals surface area contributed by atoms with Gasteiger partial charge >= 0.3 is 6.09 Å². The number of carbonyl (C=O) groups is 2. The van der Waals surface area contributed by atoms with Gasteiger partial charge in [-0.1, -0.05) is 78.9 Å². The smallest absolute Gasteiger partial charge is 0.415 e. The Kier molecular flexibility index (Phi) is 4.71. The molecule has 134 valence electrons. The number of amides is 1. The van der Waals surface area contributed by atoms with Crippen molar-refractivity contribution >= 4 is 17.6 Å². The maximum atomic E-state index is 13.1. The van der Waals surface area contributed by atoms with Gasteiger partial charge < -0.3 is 4.74 Å². The van der Waals surface area contributed by atoms with Crippen LogP contribution in [-0.4, -0.2) is 17.9 Å². The Balaban J connectivity index is 1.59. The normalized spacial score (nSPS) is 15.3. The Morgan fingerprint density at radius 1 is 0.852 bits per heavy atom. The molecule has 4 rings (SSSR count). The van der Waals surface area contributed by atoms with Gasteiger partial charge in [0.2, 0.25) is 0 Å². The SMILES string of the molecule is O=C(c1ccccc1)C1Cc2ccccc2N1C(=O)OCc1ccccc1. The number of para-hydroxylation sites is 1. The average Bonchev–Trinajstić information content (AvgIpc) is 3.12. The number of fused-ring (bicyclic) bond motifs is 1. The van der Waals surface area contributed by atoms with E-state index >= 15 is 0 Å². The van der Waals surface area contributed by atoms with Crippen molar-refractivity contribution in [3.63, 3.8) is 0 Å². The highest BCUT2D eigenvalue weighted by molar-refractivity contribution is 6.08. The molecule has 0 aliphatic carbocycles. The molecule has 4 nitrogen and oxygen atoms in total. The number of hydrogen-bond donors (Lipinski definition) is 0. The van der Waals surface area contributed by atoms with Crippen molar-refractivity contribution in [1.82, 2.24) is 0 Å². The number of hydrogen-bond acceptors (Lipinski definition) is 3. The number of nitrogens with zero attached hydrogens (tertiary/aromatic N) is 1. The van der Waals surface area contributed by atoms with Crippen molar-refractivity contribution in [3.05, 3.63) is 102 Å². The second kappa shape index (κ2) is 7.46. The highest BCUT2D eigenvalue weighted by Crippen LogP contribution is 2.34. The van der Waals surface area contributed by atoms with Crippen LogP contribution in [0.4, 0.5) is 10.5 Å². The number of benzene rings is 3. The summed E-state index contributed by atoms with van der Waals surface area (Å²) in [7, 11) is 0. The first-order chi connectivity index (χ1) is 13.2. The molecule has 0 saturated heterocycles. The fraction of sp³-hybridized carbons (Fsp3) is 0.130. The van der Waals surface area contributed by atoms with Crippen LogP contribution < -0.4 is 4.90 Å². The number of ketones is 1. The zero-order valence-electron chi connectivity index (χ0n) is 14.7. The van der Waals surface area contributed by atoms with Crippen LogP contribution in [0.3, 0.4) is 0 Å². The van der Waals surface area contributed by atoms with Crippen LogP contribution in [0.25, 0.3) is 0 Å².